The molecule has 0 aromatic rings. The minimum Gasteiger partial charge on any atom is -0.462 e. The molecule has 0 aromatic heterocycles. The highest BCUT2D eigenvalue weighted by atomic mass is 31.2. The molecule has 0 heterocycles. The summed E-state index contributed by atoms with van der Waals surface area (Å²) in [6.45, 7) is 11.9. The molecule has 0 aliphatic carbocycles. The molecule has 0 saturated carbocycles. The molecule has 582 valence electrons. The fraction of sp³-hybridized carbons (Fsp3) is 0.949. The van der Waals surface area contributed by atoms with Gasteiger partial charge in [-0.25, -0.2) is 9.13 Å². The Bertz CT molecular complexity index is 1900. The van der Waals surface area contributed by atoms with Crippen molar-refractivity contribution in [3.05, 3.63) is 0 Å². The van der Waals surface area contributed by atoms with E-state index in [1.165, 1.54) is 218 Å². The van der Waals surface area contributed by atoms with Crippen LogP contribution in [-0.2, 0) is 65.4 Å². The van der Waals surface area contributed by atoms with E-state index in [4.69, 9.17) is 37.0 Å². The van der Waals surface area contributed by atoms with E-state index in [-0.39, 0.29) is 25.7 Å². The minimum absolute atomic E-state index is 0.106. The first kappa shape index (κ1) is 96.1. The van der Waals surface area contributed by atoms with Gasteiger partial charge in [0.05, 0.1) is 26.4 Å². The van der Waals surface area contributed by atoms with Crippen LogP contribution in [0.4, 0.5) is 0 Å². The van der Waals surface area contributed by atoms with Gasteiger partial charge in [-0.1, -0.05) is 357 Å². The molecule has 0 aliphatic heterocycles. The Morgan fingerprint density at radius 3 is 0.694 bits per heavy atom. The summed E-state index contributed by atoms with van der Waals surface area (Å²) in [5.41, 5.74) is 0. The summed E-state index contributed by atoms with van der Waals surface area (Å²) in [6.07, 6.45) is 56.8. The Morgan fingerprint density at radius 2 is 0.469 bits per heavy atom. The third kappa shape index (κ3) is 72.4. The molecular weight excluding hydrogens is 1280 g/mol. The zero-order valence-corrected chi connectivity index (χ0v) is 66.0. The van der Waals surface area contributed by atoms with Gasteiger partial charge < -0.3 is 33.8 Å². The molecule has 17 nitrogen and oxygen atoms in total. The summed E-state index contributed by atoms with van der Waals surface area (Å²) in [5.74, 6) is 0.180. The molecule has 0 spiro atoms. The molecule has 0 radical (unpaired) electrons. The van der Waals surface area contributed by atoms with Crippen molar-refractivity contribution in [2.75, 3.05) is 39.6 Å². The van der Waals surface area contributed by atoms with Gasteiger partial charge in [-0.2, -0.15) is 0 Å². The zero-order valence-electron chi connectivity index (χ0n) is 64.3. The van der Waals surface area contributed by atoms with E-state index in [1.807, 2.05) is 0 Å². The largest absolute Gasteiger partial charge is 0.472 e. The first-order valence-corrected chi connectivity index (χ1v) is 43.8. The average molecular weight is 1440 g/mol. The fourth-order valence-corrected chi connectivity index (χ4v) is 13.7. The number of phosphoric acid groups is 2. The topological polar surface area (TPSA) is 237 Å². The summed E-state index contributed by atoms with van der Waals surface area (Å²) in [4.78, 5) is 73.0. The minimum atomic E-state index is -4.96. The number of carbonyl (C=O) groups is 4. The third-order valence-electron chi connectivity index (χ3n) is 18.4. The molecule has 0 aromatic carbocycles. The molecule has 0 saturated heterocycles. The molecule has 19 heteroatoms. The summed E-state index contributed by atoms with van der Waals surface area (Å²) in [5, 5.41) is 10.6. The van der Waals surface area contributed by atoms with E-state index in [2.05, 4.69) is 48.5 Å². The first-order valence-electron chi connectivity index (χ1n) is 40.8. The Labute approximate surface area is 600 Å². The number of unbranched alkanes of at least 4 members (excludes halogenated alkanes) is 45. The highest BCUT2D eigenvalue weighted by molar-refractivity contribution is 7.47. The Balaban J connectivity index is 5.27. The van der Waals surface area contributed by atoms with Crippen LogP contribution in [0.15, 0.2) is 0 Å². The van der Waals surface area contributed by atoms with Crippen LogP contribution in [0.1, 0.15) is 408 Å². The first-order chi connectivity index (χ1) is 47.2. The van der Waals surface area contributed by atoms with E-state index in [9.17, 15) is 43.2 Å². The molecule has 0 bridgehead atoms. The molecule has 0 amide bonds. The number of ether oxygens (including phenoxy) is 4. The lowest BCUT2D eigenvalue weighted by Gasteiger charge is -2.21. The molecule has 2 unspecified atom stereocenters. The van der Waals surface area contributed by atoms with Gasteiger partial charge in [-0.3, -0.25) is 37.3 Å². The van der Waals surface area contributed by atoms with Crippen molar-refractivity contribution in [1.29, 1.82) is 0 Å². The van der Waals surface area contributed by atoms with E-state index in [1.54, 1.807) is 0 Å². The Morgan fingerprint density at radius 1 is 0.276 bits per heavy atom. The summed E-state index contributed by atoms with van der Waals surface area (Å²) in [6, 6.07) is 0. The summed E-state index contributed by atoms with van der Waals surface area (Å²) < 4.78 is 68.7. The molecule has 3 N–H and O–H groups in total. The van der Waals surface area contributed by atoms with Crippen molar-refractivity contribution in [2.24, 2.45) is 17.8 Å². The molecule has 98 heavy (non-hydrogen) atoms. The lowest BCUT2D eigenvalue weighted by Crippen LogP contribution is -2.30. The number of hydrogen-bond donors (Lipinski definition) is 3. The van der Waals surface area contributed by atoms with Gasteiger partial charge in [0, 0.05) is 25.7 Å². The maximum Gasteiger partial charge on any atom is 0.472 e. The van der Waals surface area contributed by atoms with Gasteiger partial charge in [0.15, 0.2) is 12.2 Å². The monoisotopic (exact) mass is 1440 g/mol. The number of carbonyl (C=O) groups excluding carboxylic acids is 4. The highest BCUT2D eigenvalue weighted by Crippen LogP contribution is 2.45. The van der Waals surface area contributed by atoms with E-state index in [0.717, 1.165) is 108 Å². The van der Waals surface area contributed by atoms with Crippen molar-refractivity contribution in [1.82, 2.24) is 0 Å². The van der Waals surface area contributed by atoms with Crippen molar-refractivity contribution in [2.45, 2.75) is 426 Å². The third-order valence-corrected chi connectivity index (χ3v) is 20.3. The predicted octanol–water partition coefficient (Wildman–Crippen LogP) is 23.4. The quantitative estimate of drug-likeness (QED) is 0.0222. The summed E-state index contributed by atoms with van der Waals surface area (Å²) in [7, 11) is -9.92. The average Bonchev–Trinajstić information content (AvgIpc) is 2.14. The van der Waals surface area contributed by atoms with Gasteiger partial charge >= 0.3 is 39.5 Å². The Kier molecular flexibility index (Phi) is 68.1. The van der Waals surface area contributed by atoms with Crippen molar-refractivity contribution in [3.8, 4) is 0 Å². The van der Waals surface area contributed by atoms with Crippen LogP contribution in [0, 0.1) is 17.8 Å². The van der Waals surface area contributed by atoms with Crippen LogP contribution >= 0.6 is 15.6 Å². The number of phosphoric ester groups is 2. The van der Waals surface area contributed by atoms with Crippen molar-refractivity contribution < 1.29 is 80.2 Å². The zero-order chi connectivity index (χ0) is 72.3. The highest BCUT2D eigenvalue weighted by Gasteiger charge is 2.30. The second kappa shape index (κ2) is 69.4. The van der Waals surface area contributed by atoms with Crippen molar-refractivity contribution in [3.63, 3.8) is 0 Å². The molecule has 0 rings (SSSR count). The SMILES string of the molecule is CCCCCCCCCCCCCCCCCCCC(=O)O[C@H](COC(=O)CCCCCCCCCCCCCCC(C)C)COP(=O)(O)OC[C@@H](O)COP(=O)(O)OC[C@@H](COC(=O)CCCCCCCCCCCCC(C)C)OC(=O)CCCCCCCCCCCCC(C)C. The number of esters is 4. The van der Waals surface area contributed by atoms with Gasteiger partial charge in [0.25, 0.3) is 0 Å². The van der Waals surface area contributed by atoms with Crippen LogP contribution in [0.3, 0.4) is 0 Å². The van der Waals surface area contributed by atoms with Crippen LogP contribution in [0.2, 0.25) is 0 Å². The fourth-order valence-electron chi connectivity index (χ4n) is 12.1. The van der Waals surface area contributed by atoms with E-state index < -0.39 is 97.5 Å². The van der Waals surface area contributed by atoms with Gasteiger partial charge in [0.2, 0.25) is 0 Å². The number of aliphatic hydroxyl groups excluding tert-OH is 1. The lowest BCUT2D eigenvalue weighted by molar-refractivity contribution is -0.161. The second-order valence-corrected chi connectivity index (χ2v) is 32.8. The summed E-state index contributed by atoms with van der Waals surface area (Å²) >= 11 is 0. The predicted molar refractivity (Wildman–Crippen MR) is 400 cm³/mol. The molecule has 0 aliphatic rings. The molecule has 5 atom stereocenters. The lowest BCUT2D eigenvalue weighted by atomic mass is 10.0. The van der Waals surface area contributed by atoms with Crippen LogP contribution in [-0.4, -0.2) is 96.7 Å². The second-order valence-electron chi connectivity index (χ2n) is 29.9. The molecule has 0 fully saturated rings. The standard InChI is InChI=1S/C79H154O17P2/c1-8-9-10-11-12-13-14-15-16-17-18-19-24-34-41-48-55-62-78(83)95-74(66-89-76(81)60-53-46-39-32-23-21-20-22-29-36-43-50-57-70(2)3)68-93-97(85,86)91-64-73(80)65-92-98(87,88)94-69-75(96-79(84)63-56-49-42-35-28-26-31-38-45-52-59-72(6)7)67-90-77(82)61-54-47-40-33-27-25-30-37-44-51-58-71(4)5/h70-75,80H,8-69H2,1-7H3,(H,85,86)(H,87,88)/t73-,74-,75-/m1/s1. The molecular formula is C79H154O17P2. The maximum atomic E-state index is 13.1. The van der Waals surface area contributed by atoms with Crippen LogP contribution in [0.25, 0.3) is 0 Å². The van der Waals surface area contributed by atoms with Gasteiger partial charge in [-0.05, 0) is 43.4 Å². The van der Waals surface area contributed by atoms with Crippen LogP contribution in [0.5, 0.6) is 0 Å². The maximum absolute atomic E-state index is 13.1. The number of aliphatic hydroxyl groups is 1. The van der Waals surface area contributed by atoms with E-state index >= 15 is 0 Å². The number of hydrogen-bond acceptors (Lipinski definition) is 15. The number of rotatable bonds is 77. The normalized spacial score (nSPS) is 14.0. The van der Waals surface area contributed by atoms with Gasteiger partial charge in [0.1, 0.15) is 19.3 Å². The Hall–Kier alpha value is -1.94. The van der Waals surface area contributed by atoms with E-state index in [0.29, 0.717) is 25.7 Å². The van der Waals surface area contributed by atoms with Gasteiger partial charge in [-0.15, -0.1) is 0 Å². The smallest absolute Gasteiger partial charge is 0.462 e. The van der Waals surface area contributed by atoms with Crippen molar-refractivity contribution >= 4 is 39.5 Å². The van der Waals surface area contributed by atoms with Crippen LogP contribution < -0.4 is 0 Å².